The Bertz CT molecular complexity index is 218. The highest BCUT2D eigenvalue weighted by Gasteiger charge is 2.02. The van der Waals surface area contributed by atoms with Crippen LogP contribution in [-0.2, 0) is 6.42 Å². The number of rotatable bonds is 5. The molecule has 0 bridgehead atoms. The maximum atomic E-state index is 5.64. The molecule has 1 radical (unpaired) electrons. The first kappa shape index (κ1) is 10.6. The molecule has 1 aromatic carbocycles. The van der Waals surface area contributed by atoms with Crippen molar-refractivity contribution in [3.05, 3.63) is 35.9 Å². The Morgan fingerprint density at radius 3 is 2.92 bits per heavy atom. The van der Waals surface area contributed by atoms with E-state index in [1.165, 1.54) is 12.0 Å². The third-order valence-corrected chi connectivity index (χ3v) is 2.44. The van der Waals surface area contributed by atoms with Gasteiger partial charge in [0.15, 0.2) is 0 Å². The quantitative estimate of drug-likeness (QED) is 0.629. The Morgan fingerprint density at radius 1 is 1.46 bits per heavy atom. The minimum absolute atomic E-state index is 0.720. The number of alkyl halides is 1. The highest BCUT2D eigenvalue weighted by Crippen LogP contribution is 2.13. The van der Waals surface area contributed by atoms with Crippen molar-refractivity contribution in [1.82, 2.24) is 0 Å². The molecule has 0 fully saturated rings. The highest BCUT2D eigenvalue weighted by molar-refractivity contribution is 6.17. The average Bonchev–Trinajstić information content (AvgIpc) is 2.16. The molecule has 0 saturated carbocycles. The van der Waals surface area contributed by atoms with Gasteiger partial charge in [-0.2, -0.15) is 0 Å². The van der Waals surface area contributed by atoms with Gasteiger partial charge >= 0.3 is 0 Å². The van der Waals surface area contributed by atoms with E-state index in [0.29, 0.717) is 0 Å². The zero-order valence-electron chi connectivity index (χ0n) is 8.09. The fraction of sp³-hybridized carbons (Fsp3) is 0.500. The van der Waals surface area contributed by atoms with Crippen LogP contribution in [0.25, 0.3) is 0 Å². The molecule has 1 atom stereocenters. The van der Waals surface area contributed by atoms with Gasteiger partial charge in [-0.3, -0.25) is 0 Å². The van der Waals surface area contributed by atoms with E-state index in [1.54, 1.807) is 0 Å². The van der Waals surface area contributed by atoms with E-state index in [-0.39, 0.29) is 0 Å². The standard InChI is InChI=1S/C12H16Cl/c1-11(6-5-9-13)10-12-7-3-2-4-8-12/h2-4,7,11H,5-6,9-10H2,1H3. The average molecular weight is 196 g/mol. The minimum Gasteiger partial charge on any atom is -0.127 e. The maximum Gasteiger partial charge on any atom is 0.0223 e. The topological polar surface area (TPSA) is 0 Å². The Labute approximate surface area is 85.9 Å². The Balaban J connectivity index is 2.32. The molecule has 0 aliphatic rings. The number of benzene rings is 1. The molecule has 1 unspecified atom stereocenters. The van der Waals surface area contributed by atoms with Gasteiger partial charge < -0.3 is 0 Å². The fourth-order valence-corrected chi connectivity index (χ4v) is 1.61. The van der Waals surface area contributed by atoms with Crippen LogP contribution < -0.4 is 0 Å². The number of hydrogen-bond donors (Lipinski definition) is 0. The van der Waals surface area contributed by atoms with Gasteiger partial charge in [-0.25, -0.2) is 0 Å². The summed E-state index contributed by atoms with van der Waals surface area (Å²) in [5, 5.41) is 0. The first-order valence-corrected chi connectivity index (χ1v) is 5.38. The van der Waals surface area contributed by atoms with Gasteiger partial charge in [-0.05, 0) is 36.8 Å². The lowest BCUT2D eigenvalue weighted by Gasteiger charge is -2.09. The summed E-state index contributed by atoms with van der Waals surface area (Å²) < 4.78 is 0. The molecule has 1 heteroatoms. The second-order valence-electron chi connectivity index (χ2n) is 3.53. The largest absolute Gasteiger partial charge is 0.127 e. The summed E-state index contributed by atoms with van der Waals surface area (Å²) in [6.07, 6.45) is 3.46. The molecular formula is C12H16Cl. The molecule has 0 saturated heterocycles. The second-order valence-corrected chi connectivity index (χ2v) is 3.91. The van der Waals surface area contributed by atoms with Gasteiger partial charge in [0.2, 0.25) is 0 Å². The first-order valence-electron chi connectivity index (χ1n) is 4.84. The van der Waals surface area contributed by atoms with E-state index in [9.17, 15) is 0 Å². The van der Waals surface area contributed by atoms with Gasteiger partial charge in [0.05, 0.1) is 0 Å². The Morgan fingerprint density at radius 2 is 2.31 bits per heavy atom. The minimum atomic E-state index is 0.720. The van der Waals surface area contributed by atoms with Gasteiger partial charge in [0.25, 0.3) is 0 Å². The van der Waals surface area contributed by atoms with Crippen LogP contribution in [-0.4, -0.2) is 5.88 Å². The molecule has 1 aromatic rings. The molecule has 1 rings (SSSR count). The highest BCUT2D eigenvalue weighted by atomic mass is 35.5. The van der Waals surface area contributed by atoms with Crippen molar-refractivity contribution in [3.63, 3.8) is 0 Å². The van der Waals surface area contributed by atoms with Gasteiger partial charge in [-0.1, -0.05) is 31.2 Å². The summed E-state index contributed by atoms with van der Waals surface area (Å²) in [5.41, 5.74) is 1.31. The molecule has 0 aromatic heterocycles. The second kappa shape index (κ2) is 6.04. The molecule has 0 N–H and O–H groups in total. The number of hydrogen-bond acceptors (Lipinski definition) is 0. The van der Waals surface area contributed by atoms with E-state index in [1.807, 2.05) is 12.1 Å². The van der Waals surface area contributed by atoms with Crippen LogP contribution in [0.3, 0.4) is 0 Å². The van der Waals surface area contributed by atoms with Crippen molar-refractivity contribution < 1.29 is 0 Å². The summed E-state index contributed by atoms with van der Waals surface area (Å²) >= 11 is 5.64. The molecule has 0 nitrogen and oxygen atoms in total. The molecule has 0 aliphatic carbocycles. The zero-order valence-corrected chi connectivity index (χ0v) is 8.85. The first-order chi connectivity index (χ1) is 6.33. The lowest BCUT2D eigenvalue weighted by molar-refractivity contribution is 0.524. The van der Waals surface area contributed by atoms with Crippen LogP contribution in [0, 0.1) is 12.0 Å². The van der Waals surface area contributed by atoms with Gasteiger partial charge in [0.1, 0.15) is 0 Å². The van der Waals surface area contributed by atoms with Crippen molar-refractivity contribution in [2.45, 2.75) is 26.2 Å². The third kappa shape index (κ3) is 4.33. The predicted molar refractivity (Wildman–Crippen MR) is 58.1 cm³/mol. The summed E-state index contributed by atoms with van der Waals surface area (Å²) in [6.45, 7) is 2.27. The van der Waals surface area contributed by atoms with E-state index in [2.05, 4.69) is 25.1 Å². The summed E-state index contributed by atoms with van der Waals surface area (Å²) in [4.78, 5) is 0. The SMILES string of the molecule is CC(CCCCl)Cc1[c]cccc1. The van der Waals surface area contributed by atoms with Crippen molar-refractivity contribution in [1.29, 1.82) is 0 Å². The van der Waals surface area contributed by atoms with E-state index >= 15 is 0 Å². The van der Waals surface area contributed by atoms with Crippen molar-refractivity contribution in [3.8, 4) is 0 Å². The van der Waals surface area contributed by atoms with Crippen molar-refractivity contribution in [2.75, 3.05) is 5.88 Å². The lowest BCUT2D eigenvalue weighted by Crippen LogP contribution is -1.99. The van der Waals surface area contributed by atoms with Crippen LogP contribution in [0.4, 0.5) is 0 Å². The van der Waals surface area contributed by atoms with Crippen LogP contribution in [0.1, 0.15) is 25.3 Å². The third-order valence-electron chi connectivity index (χ3n) is 2.17. The number of halogens is 1. The van der Waals surface area contributed by atoms with Crippen LogP contribution in [0.2, 0.25) is 0 Å². The normalized spacial score (nSPS) is 12.8. The van der Waals surface area contributed by atoms with Crippen LogP contribution in [0.5, 0.6) is 0 Å². The van der Waals surface area contributed by atoms with Gasteiger partial charge in [0, 0.05) is 5.88 Å². The maximum absolute atomic E-state index is 5.64. The molecule has 13 heavy (non-hydrogen) atoms. The molecular weight excluding hydrogens is 180 g/mol. The summed E-state index contributed by atoms with van der Waals surface area (Å²) in [5.74, 6) is 1.50. The zero-order chi connectivity index (χ0) is 9.52. The van der Waals surface area contributed by atoms with Crippen LogP contribution >= 0.6 is 11.6 Å². The molecule has 0 spiro atoms. The smallest absolute Gasteiger partial charge is 0.0223 e. The lowest BCUT2D eigenvalue weighted by atomic mass is 9.97. The van der Waals surface area contributed by atoms with E-state index < -0.39 is 0 Å². The Kier molecular flexibility index (Phi) is 4.92. The van der Waals surface area contributed by atoms with E-state index in [4.69, 9.17) is 11.6 Å². The molecule has 0 aliphatic heterocycles. The van der Waals surface area contributed by atoms with Gasteiger partial charge in [-0.15, -0.1) is 11.6 Å². The van der Waals surface area contributed by atoms with Crippen molar-refractivity contribution in [2.24, 2.45) is 5.92 Å². The van der Waals surface area contributed by atoms with Crippen LogP contribution in [0.15, 0.2) is 24.3 Å². The van der Waals surface area contributed by atoms with E-state index in [0.717, 1.165) is 24.6 Å². The Hall–Kier alpha value is -0.490. The molecule has 0 amide bonds. The predicted octanol–water partition coefficient (Wildman–Crippen LogP) is 3.68. The summed E-state index contributed by atoms with van der Waals surface area (Å²) in [6, 6.07) is 11.4. The fourth-order valence-electron chi connectivity index (χ4n) is 1.46. The van der Waals surface area contributed by atoms with Crippen molar-refractivity contribution >= 4 is 11.6 Å². The molecule has 0 heterocycles. The molecule has 71 valence electrons. The summed E-state index contributed by atoms with van der Waals surface area (Å²) in [7, 11) is 0. The monoisotopic (exact) mass is 195 g/mol.